The van der Waals surface area contributed by atoms with E-state index in [4.69, 9.17) is 5.73 Å². The van der Waals surface area contributed by atoms with Crippen molar-refractivity contribution in [1.82, 2.24) is 4.57 Å². The summed E-state index contributed by atoms with van der Waals surface area (Å²) in [4.78, 5) is 0. The van der Waals surface area contributed by atoms with Gasteiger partial charge in [-0.1, -0.05) is 37.6 Å². The fraction of sp³-hybridized carbons (Fsp3) is 0.412. The molecular formula is C17H24N2O2. The molecule has 4 heteroatoms. The van der Waals surface area contributed by atoms with E-state index in [1.807, 2.05) is 12.2 Å². The highest BCUT2D eigenvalue weighted by atomic mass is 16.3. The minimum Gasteiger partial charge on any atom is -0.494 e. The fourth-order valence-electron chi connectivity index (χ4n) is 3.21. The van der Waals surface area contributed by atoms with Gasteiger partial charge in [0, 0.05) is 36.1 Å². The number of aromatic nitrogens is 1. The van der Waals surface area contributed by atoms with Crippen LogP contribution in [0.1, 0.15) is 36.8 Å². The lowest BCUT2D eigenvalue weighted by Crippen LogP contribution is -2.10. The summed E-state index contributed by atoms with van der Waals surface area (Å²) in [6.45, 7) is 12.7. The third-order valence-corrected chi connectivity index (χ3v) is 3.97. The van der Waals surface area contributed by atoms with Gasteiger partial charge >= 0.3 is 0 Å². The fourth-order valence-corrected chi connectivity index (χ4v) is 3.21. The molecule has 1 aliphatic carbocycles. The Bertz CT molecular complexity index is 555. The number of fused-ring (bicyclic) bond motifs is 1. The van der Waals surface area contributed by atoms with E-state index in [0.717, 1.165) is 16.7 Å². The Balaban J connectivity index is 2.68. The van der Waals surface area contributed by atoms with Gasteiger partial charge in [-0.05, 0) is 5.92 Å². The summed E-state index contributed by atoms with van der Waals surface area (Å²) in [6.07, 6.45) is 5.77. The molecule has 0 saturated heterocycles. The molecule has 0 spiro atoms. The van der Waals surface area contributed by atoms with Crippen LogP contribution in [0.5, 0.6) is 11.8 Å². The van der Waals surface area contributed by atoms with E-state index in [9.17, 15) is 10.2 Å². The highest BCUT2D eigenvalue weighted by molar-refractivity contribution is 5.63. The van der Waals surface area contributed by atoms with Crippen molar-refractivity contribution >= 4 is 0 Å². The molecule has 1 aromatic heterocycles. The smallest absolute Gasteiger partial charge is 0.198 e. The zero-order chi connectivity index (χ0) is 15.7. The van der Waals surface area contributed by atoms with Crippen LogP contribution in [0.15, 0.2) is 37.0 Å². The summed E-state index contributed by atoms with van der Waals surface area (Å²) in [5, 5.41) is 20.9. The molecule has 114 valence electrons. The van der Waals surface area contributed by atoms with Crippen molar-refractivity contribution in [3.63, 3.8) is 0 Å². The molecule has 0 radical (unpaired) electrons. The van der Waals surface area contributed by atoms with Crippen molar-refractivity contribution in [3.8, 4) is 11.8 Å². The van der Waals surface area contributed by atoms with Gasteiger partial charge in [-0.3, -0.25) is 4.57 Å². The highest BCUT2D eigenvalue weighted by Crippen LogP contribution is 2.55. The number of hydrogen-bond acceptors (Lipinski definition) is 3. The monoisotopic (exact) mass is 288 g/mol. The molecule has 4 N–H and O–H groups in total. The lowest BCUT2D eigenvalue weighted by Gasteiger charge is -2.16. The lowest BCUT2D eigenvalue weighted by atomic mass is 9.90. The van der Waals surface area contributed by atoms with Crippen LogP contribution >= 0.6 is 0 Å². The van der Waals surface area contributed by atoms with Crippen LogP contribution in [0.4, 0.5) is 0 Å². The second kappa shape index (κ2) is 5.82. The van der Waals surface area contributed by atoms with Crippen molar-refractivity contribution < 1.29 is 10.2 Å². The maximum Gasteiger partial charge on any atom is 0.198 e. The standard InChI is InChI=1S/C17H24N2O2/c1-5-11-13(9-10(3)4)12(6-2)15-14(11)16(20)19(8-7-18)17(15)21/h5-6,9-12,20-21H,1-2,7-8,18H2,3-4H3. The quantitative estimate of drug-likeness (QED) is 0.729. The Labute approximate surface area is 125 Å². The minimum absolute atomic E-state index is 0.0804. The van der Waals surface area contributed by atoms with E-state index in [2.05, 4.69) is 33.1 Å². The first-order chi connectivity index (χ1) is 9.97. The molecule has 1 aliphatic rings. The van der Waals surface area contributed by atoms with E-state index in [0.29, 0.717) is 19.0 Å². The molecule has 4 nitrogen and oxygen atoms in total. The predicted octanol–water partition coefficient (Wildman–Crippen LogP) is 2.99. The number of nitrogens with zero attached hydrogens (tertiary/aromatic N) is 1. The summed E-state index contributed by atoms with van der Waals surface area (Å²) in [5.74, 6) is 0.328. The molecule has 1 aromatic rings. The van der Waals surface area contributed by atoms with Crippen LogP contribution in [0.25, 0.3) is 0 Å². The molecule has 1 heterocycles. The van der Waals surface area contributed by atoms with E-state index in [-0.39, 0.29) is 23.6 Å². The SMILES string of the molecule is C=CC1C(=CC(C)C)C(C=C)c2c1c(O)n(CCN)c2O. The Morgan fingerprint density at radius 1 is 1.14 bits per heavy atom. The van der Waals surface area contributed by atoms with Crippen LogP contribution in [0.3, 0.4) is 0 Å². The van der Waals surface area contributed by atoms with Crippen molar-refractivity contribution in [2.45, 2.75) is 32.2 Å². The zero-order valence-corrected chi connectivity index (χ0v) is 12.7. The van der Waals surface area contributed by atoms with E-state index < -0.39 is 0 Å². The van der Waals surface area contributed by atoms with Crippen LogP contribution in [0.2, 0.25) is 0 Å². The molecule has 0 aromatic carbocycles. The van der Waals surface area contributed by atoms with Crippen LogP contribution in [-0.4, -0.2) is 21.3 Å². The summed E-state index contributed by atoms with van der Waals surface area (Å²) >= 11 is 0. The first-order valence-corrected chi connectivity index (χ1v) is 7.28. The van der Waals surface area contributed by atoms with Gasteiger partial charge in [-0.25, -0.2) is 0 Å². The molecule has 0 fully saturated rings. The van der Waals surface area contributed by atoms with E-state index in [1.54, 1.807) is 0 Å². The average molecular weight is 288 g/mol. The molecular weight excluding hydrogens is 264 g/mol. The van der Waals surface area contributed by atoms with E-state index in [1.165, 1.54) is 4.57 Å². The molecule has 2 atom stereocenters. The Morgan fingerprint density at radius 2 is 1.62 bits per heavy atom. The maximum absolute atomic E-state index is 10.5. The summed E-state index contributed by atoms with van der Waals surface area (Å²) in [5.41, 5.74) is 8.12. The lowest BCUT2D eigenvalue weighted by molar-refractivity contribution is 0.365. The minimum atomic E-state index is -0.102. The van der Waals surface area contributed by atoms with Gasteiger partial charge in [-0.15, -0.1) is 13.2 Å². The molecule has 0 bridgehead atoms. The van der Waals surface area contributed by atoms with Gasteiger partial charge in [-0.2, -0.15) is 0 Å². The number of hydrogen-bond donors (Lipinski definition) is 3. The van der Waals surface area contributed by atoms with Crippen molar-refractivity contribution in [2.24, 2.45) is 11.7 Å². The predicted molar refractivity (Wildman–Crippen MR) is 85.6 cm³/mol. The van der Waals surface area contributed by atoms with Gasteiger partial charge in [0.2, 0.25) is 0 Å². The second-order valence-corrected chi connectivity index (χ2v) is 5.75. The summed E-state index contributed by atoms with van der Waals surface area (Å²) in [7, 11) is 0. The van der Waals surface area contributed by atoms with E-state index >= 15 is 0 Å². The van der Waals surface area contributed by atoms with Crippen LogP contribution in [0, 0.1) is 5.92 Å². The normalized spacial score (nSPS) is 20.7. The Morgan fingerprint density at radius 3 is 1.95 bits per heavy atom. The number of nitrogens with two attached hydrogens (primary N) is 1. The first kappa shape index (κ1) is 15.4. The number of allylic oxidation sites excluding steroid dienone is 4. The molecule has 2 rings (SSSR count). The third kappa shape index (κ3) is 2.29. The Hall–Kier alpha value is -1.94. The topological polar surface area (TPSA) is 71.4 Å². The van der Waals surface area contributed by atoms with Crippen molar-refractivity contribution in [1.29, 1.82) is 0 Å². The van der Waals surface area contributed by atoms with Crippen molar-refractivity contribution in [3.05, 3.63) is 48.1 Å². The third-order valence-electron chi connectivity index (χ3n) is 3.97. The molecule has 2 unspecified atom stereocenters. The van der Waals surface area contributed by atoms with Gasteiger partial charge < -0.3 is 15.9 Å². The maximum atomic E-state index is 10.5. The first-order valence-electron chi connectivity index (χ1n) is 7.28. The van der Waals surface area contributed by atoms with Gasteiger partial charge in [0.15, 0.2) is 11.8 Å². The zero-order valence-electron chi connectivity index (χ0n) is 12.7. The molecule has 0 aliphatic heterocycles. The summed E-state index contributed by atoms with van der Waals surface area (Å²) < 4.78 is 1.46. The molecule has 0 saturated carbocycles. The second-order valence-electron chi connectivity index (χ2n) is 5.75. The highest BCUT2D eigenvalue weighted by Gasteiger charge is 2.40. The van der Waals surface area contributed by atoms with Crippen molar-refractivity contribution in [2.75, 3.05) is 6.54 Å². The molecule has 0 amide bonds. The molecule has 21 heavy (non-hydrogen) atoms. The Kier molecular flexibility index (Phi) is 4.28. The largest absolute Gasteiger partial charge is 0.494 e. The number of rotatable bonds is 5. The average Bonchev–Trinajstić information content (AvgIpc) is 2.86. The van der Waals surface area contributed by atoms with Crippen LogP contribution in [-0.2, 0) is 6.54 Å². The summed E-state index contributed by atoms with van der Waals surface area (Å²) in [6, 6.07) is 0. The van der Waals surface area contributed by atoms with Gasteiger partial charge in [0.25, 0.3) is 0 Å². The van der Waals surface area contributed by atoms with Crippen LogP contribution < -0.4 is 5.73 Å². The van der Waals surface area contributed by atoms with Gasteiger partial charge in [0.1, 0.15) is 0 Å². The van der Waals surface area contributed by atoms with Gasteiger partial charge in [0.05, 0.1) is 0 Å². The number of aromatic hydroxyl groups is 2.